The monoisotopic (exact) mass is 549 g/mol. The Morgan fingerprint density at radius 3 is 2.58 bits per heavy atom. The zero-order valence-electron chi connectivity index (χ0n) is 18.2. The van der Waals surface area contributed by atoms with Gasteiger partial charge in [-0.1, -0.05) is 18.2 Å². The van der Waals surface area contributed by atoms with Crippen molar-refractivity contribution in [2.24, 2.45) is 0 Å². The average molecular weight is 549 g/mol. The average Bonchev–Trinajstić information content (AvgIpc) is 3.39. The number of halogens is 1. The van der Waals surface area contributed by atoms with Crippen LogP contribution < -0.4 is 5.32 Å². The highest BCUT2D eigenvalue weighted by Crippen LogP contribution is 2.25. The fourth-order valence-corrected chi connectivity index (χ4v) is 4.26. The van der Waals surface area contributed by atoms with Gasteiger partial charge in [-0.25, -0.2) is 14.6 Å². The fraction of sp³-hybridized carbons (Fsp3) is 0.125. The second-order valence-electron chi connectivity index (χ2n) is 7.78. The predicted octanol–water partition coefficient (Wildman–Crippen LogP) is 4.78. The molecule has 0 aliphatic heterocycles. The van der Waals surface area contributed by atoms with Crippen LogP contribution in [0.1, 0.15) is 27.2 Å². The lowest BCUT2D eigenvalue weighted by Gasteiger charge is -2.10. The SMILES string of the molecule is Cc1cc(NC(=O)c2ccccc2I)n(-c2ncnc3c2cnn3-c2ccc(C)c(C)c2)n1. The van der Waals surface area contributed by atoms with Crippen LogP contribution in [0.4, 0.5) is 5.82 Å². The van der Waals surface area contributed by atoms with E-state index >= 15 is 0 Å². The lowest BCUT2D eigenvalue weighted by atomic mass is 10.1. The number of aromatic nitrogens is 6. The van der Waals surface area contributed by atoms with E-state index in [1.807, 2.05) is 37.3 Å². The molecule has 0 bridgehead atoms. The zero-order valence-corrected chi connectivity index (χ0v) is 20.4. The Morgan fingerprint density at radius 1 is 0.970 bits per heavy atom. The van der Waals surface area contributed by atoms with Gasteiger partial charge in [0.05, 0.1) is 28.5 Å². The summed E-state index contributed by atoms with van der Waals surface area (Å²) in [5, 5.41) is 12.8. The summed E-state index contributed by atoms with van der Waals surface area (Å²) in [5.41, 5.74) is 5.31. The first-order chi connectivity index (χ1) is 15.9. The second kappa shape index (κ2) is 8.39. The lowest BCUT2D eigenvalue weighted by Crippen LogP contribution is -2.16. The summed E-state index contributed by atoms with van der Waals surface area (Å²) < 4.78 is 4.28. The minimum absolute atomic E-state index is 0.211. The van der Waals surface area contributed by atoms with Crippen molar-refractivity contribution < 1.29 is 4.79 Å². The molecule has 164 valence electrons. The third kappa shape index (κ3) is 3.88. The van der Waals surface area contributed by atoms with Crippen LogP contribution in [-0.2, 0) is 0 Å². The number of fused-ring (bicyclic) bond motifs is 1. The highest BCUT2D eigenvalue weighted by Gasteiger charge is 2.19. The summed E-state index contributed by atoms with van der Waals surface area (Å²) in [7, 11) is 0. The van der Waals surface area contributed by atoms with E-state index in [1.165, 1.54) is 17.5 Å². The van der Waals surface area contributed by atoms with Crippen LogP contribution in [0.15, 0.2) is 61.1 Å². The molecule has 5 rings (SSSR count). The molecule has 0 saturated heterocycles. The molecule has 0 unspecified atom stereocenters. The van der Waals surface area contributed by atoms with Gasteiger partial charge in [0.2, 0.25) is 0 Å². The molecule has 0 aliphatic carbocycles. The van der Waals surface area contributed by atoms with Gasteiger partial charge >= 0.3 is 0 Å². The molecule has 3 heterocycles. The number of anilines is 1. The van der Waals surface area contributed by atoms with E-state index in [0.29, 0.717) is 22.8 Å². The van der Waals surface area contributed by atoms with Crippen molar-refractivity contribution in [1.29, 1.82) is 0 Å². The summed E-state index contributed by atoms with van der Waals surface area (Å²) in [6, 6.07) is 15.4. The molecule has 0 fully saturated rings. The first kappa shape index (κ1) is 21.3. The largest absolute Gasteiger partial charge is 0.306 e. The van der Waals surface area contributed by atoms with Gasteiger partial charge in [-0.3, -0.25) is 4.79 Å². The van der Waals surface area contributed by atoms with Gasteiger partial charge in [0.25, 0.3) is 5.91 Å². The van der Waals surface area contributed by atoms with E-state index in [-0.39, 0.29) is 5.91 Å². The third-order valence-electron chi connectivity index (χ3n) is 5.47. The van der Waals surface area contributed by atoms with Crippen molar-refractivity contribution in [3.8, 4) is 11.5 Å². The molecule has 0 spiro atoms. The summed E-state index contributed by atoms with van der Waals surface area (Å²) in [4.78, 5) is 21.9. The second-order valence-corrected chi connectivity index (χ2v) is 8.94. The van der Waals surface area contributed by atoms with Crippen molar-refractivity contribution in [2.75, 3.05) is 5.32 Å². The molecule has 5 aromatic rings. The van der Waals surface area contributed by atoms with Crippen LogP contribution in [0.2, 0.25) is 0 Å². The third-order valence-corrected chi connectivity index (χ3v) is 6.41. The smallest absolute Gasteiger partial charge is 0.257 e. The van der Waals surface area contributed by atoms with Crippen LogP contribution >= 0.6 is 22.6 Å². The summed E-state index contributed by atoms with van der Waals surface area (Å²) in [5.74, 6) is 0.856. The molecule has 3 aromatic heterocycles. The van der Waals surface area contributed by atoms with E-state index in [0.717, 1.165) is 20.3 Å². The minimum atomic E-state index is -0.211. The molecule has 2 aromatic carbocycles. The summed E-state index contributed by atoms with van der Waals surface area (Å²) in [6.45, 7) is 6.02. The Kier molecular flexibility index (Phi) is 5.41. The van der Waals surface area contributed by atoms with E-state index in [2.05, 4.69) is 74.1 Å². The molecule has 0 saturated carbocycles. The standard InChI is InChI=1S/C24H20IN7O/c1-14-8-9-17(10-15(14)2)31-22-19(12-28-31)23(27-13-26-22)32-21(11-16(3)30-32)29-24(33)18-6-4-5-7-20(18)25/h4-13H,1-3H3,(H,29,33). The molecular formula is C24H20IN7O. The molecule has 0 atom stereocenters. The molecule has 1 amide bonds. The molecule has 9 heteroatoms. The van der Waals surface area contributed by atoms with Gasteiger partial charge in [-0.2, -0.15) is 14.9 Å². The van der Waals surface area contributed by atoms with Crippen LogP contribution in [-0.4, -0.2) is 35.4 Å². The number of hydrogen-bond acceptors (Lipinski definition) is 5. The van der Waals surface area contributed by atoms with Crippen molar-refractivity contribution in [1.82, 2.24) is 29.5 Å². The predicted molar refractivity (Wildman–Crippen MR) is 135 cm³/mol. The number of nitrogens with zero attached hydrogens (tertiary/aromatic N) is 6. The number of aryl methyl sites for hydroxylation is 3. The highest BCUT2D eigenvalue weighted by molar-refractivity contribution is 14.1. The Balaban J connectivity index is 1.58. The maximum Gasteiger partial charge on any atom is 0.257 e. The number of benzene rings is 2. The van der Waals surface area contributed by atoms with Gasteiger partial charge in [0, 0.05) is 9.64 Å². The first-order valence-electron chi connectivity index (χ1n) is 10.3. The number of nitrogens with one attached hydrogen (secondary N) is 1. The van der Waals surface area contributed by atoms with Crippen LogP contribution in [0, 0.1) is 24.3 Å². The van der Waals surface area contributed by atoms with Gasteiger partial charge < -0.3 is 5.32 Å². The number of carbonyl (C=O) groups excluding carboxylic acids is 1. The molecule has 33 heavy (non-hydrogen) atoms. The maximum atomic E-state index is 12.9. The first-order valence-corrected chi connectivity index (χ1v) is 11.4. The van der Waals surface area contributed by atoms with Crippen molar-refractivity contribution in [3.05, 3.63) is 87.0 Å². The topological polar surface area (TPSA) is 90.5 Å². The van der Waals surface area contributed by atoms with E-state index in [1.54, 1.807) is 21.6 Å². The normalized spacial score (nSPS) is 11.2. The highest BCUT2D eigenvalue weighted by atomic mass is 127. The van der Waals surface area contributed by atoms with Crippen LogP contribution in [0.5, 0.6) is 0 Å². The fourth-order valence-electron chi connectivity index (χ4n) is 3.63. The molecule has 0 radical (unpaired) electrons. The van der Waals surface area contributed by atoms with Gasteiger partial charge in [-0.15, -0.1) is 0 Å². The molecule has 0 aliphatic rings. The number of hydrogen-bond donors (Lipinski definition) is 1. The van der Waals surface area contributed by atoms with Gasteiger partial charge in [-0.05, 0) is 78.8 Å². The van der Waals surface area contributed by atoms with E-state index in [9.17, 15) is 4.79 Å². The van der Waals surface area contributed by atoms with E-state index < -0.39 is 0 Å². The lowest BCUT2D eigenvalue weighted by molar-refractivity contribution is 0.102. The Labute approximate surface area is 203 Å². The summed E-state index contributed by atoms with van der Waals surface area (Å²) in [6.07, 6.45) is 3.21. The Hall–Kier alpha value is -3.60. The number of carbonyl (C=O) groups is 1. The molecular weight excluding hydrogens is 529 g/mol. The zero-order chi connectivity index (χ0) is 23.1. The van der Waals surface area contributed by atoms with Gasteiger partial charge in [0.1, 0.15) is 12.1 Å². The Bertz CT molecular complexity index is 1520. The molecule has 8 nitrogen and oxygen atoms in total. The van der Waals surface area contributed by atoms with Crippen molar-refractivity contribution in [3.63, 3.8) is 0 Å². The Morgan fingerprint density at radius 2 is 1.79 bits per heavy atom. The van der Waals surface area contributed by atoms with Crippen LogP contribution in [0.3, 0.4) is 0 Å². The number of amides is 1. The van der Waals surface area contributed by atoms with Crippen molar-refractivity contribution >= 4 is 45.3 Å². The summed E-state index contributed by atoms with van der Waals surface area (Å²) >= 11 is 2.15. The van der Waals surface area contributed by atoms with Gasteiger partial charge in [0.15, 0.2) is 11.5 Å². The van der Waals surface area contributed by atoms with Crippen LogP contribution in [0.25, 0.3) is 22.5 Å². The maximum absolute atomic E-state index is 12.9. The molecule has 1 N–H and O–H groups in total. The minimum Gasteiger partial charge on any atom is -0.306 e. The van der Waals surface area contributed by atoms with E-state index in [4.69, 9.17) is 0 Å². The number of rotatable bonds is 4. The van der Waals surface area contributed by atoms with Crippen molar-refractivity contribution in [2.45, 2.75) is 20.8 Å². The quantitative estimate of drug-likeness (QED) is 0.326.